The summed E-state index contributed by atoms with van der Waals surface area (Å²) in [6.07, 6.45) is 4.92. The maximum absolute atomic E-state index is 12.9. The summed E-state index contributed by atoms with van der Waals surface area (Å²) in [6.45, 7) is 11.5. The summed E-state index contributed by atoms with van der Waals surface area (Å²) in [5.41, 5.74) is 2.76. The largest absolute Gasteiger partial charge is 0.348 e. The molecule has 28 heavy (non-hydrogen) atoms. The van der Waals surface area contributed by atoms with Crippen molar-refractivity contribution >= 4 is 26.9 Å². The summed E-state index contributed by atoms with van der Waals surface area (Å²) < 4.78 is 29.1. The molecule has 4 rings (SSSR count). The first-order valence-electron chi connectivity index (χ1n) is 10.5. The normalized spacial score (nSPS) is 26.0. The van der Waals surface area contributed by atoms with Gasteiger partial charge in [0.15, 0.2) is 5.79 Å². The van der Waals surface area contributed by atoms with Gasteiger partial charge in [-0.25, -0.2) is 8.93 Å². The third kappa shape index (κ3) is 4.27. The van der Waals surface area contributed by atoms with Crippen molar-refractivity contribution in [2.75, 3.05) is 13.2 Å². The van der Waals surface area contributed by atoms with Crippen molar-refractivity contribution in [2.24, 2.45) is 5.41 Å². The van der Waals surface area contributed by atoms with Gasteiger partial charge in [0.1, 0.15) is 0 Å². The van der Waals surface area contributed by atoms with Crippen LogP contribution in [0.15, 0.2) is 22.7 Å². The molecule has 1 saturated heterocycles. The zero-order valence-corrected chi connectivity index (χ0v) is 20.2. The summed E-state index contributed by atoms with van der Waals surface area (Å²) >= 11 is 3.62. The summed E-state index contributed by atoms with van der Waals surface area (Å²) in [4.78, 5) is 0. The summed E-state index contributed by atoms with van der Waals surface area (Å²) in [7, 11) is -1.11. The van der Waals surface area contributed by atoms with Gasteiger partial charge in [-0.05, 0) is 68.7 Å². The third-order valence-corrected chi connectivity index (χ3v) is 8.23. The first-order chi connectivity index (χ1) is 13.2. The minimum Gasteiger partial charge on any atom is -0.348 e. The van der Waals surface area contributed by atoms with E-state index in [-0.39, 0.29) is 22.0 Å². The third-order valence-electron chi connectivity index (χ3n) is 6.18. The highest BCUT2D eigenvalue weighted by atomic mass is 79.9. The number of ether oxygens (including phenoxy) is 2. The van der Waals surface area contributed by atoms with Crippen LogP contribution < -0.4 is 4.72 Å². The standard InChI is InChI=1S/C20H28BrNO3S.C2H6/c1-18(2,3)26(23)22-17-16-12-15(21)5-4-14(16)13-19(17)6-8-20(9-7-19)24-10-11-25-20;1-2/h4-5,12,17,22H,6-11,13H2,1-3H3;1-2H3. The van der Waals surface area contributed by atoms with Crippen molar-refractivity contribution < 1.29 is 13.7 Å². The highest BCUT2D eigenvalue weighted by Crippen LogP contribution is 2.57. The van der Waals surface area contributed by atoms with E-state index in [2.05, 4.69) is 38.9 Å². The zero-order chi connectivity index (χ0) is 20.6. The molecule has 158 valence electrons. The predicted octanol–water partition coefficient (Wildman–Crippen LogP) is 5.43. The van der Waals surface area contributed by atoms with E-state index in [1.54, 1.807) is 0 Å². The van der Waals surface area contributed by atoms with Gasteiger partial charge in [-0.2, -0.15) is 0 Å². The summed E-state index contributed by atoms with van der Waals surface area (Å²) in [5.74, 6) is -0.367. The smallest absolute Gasteiger partial charge is 0.168 e. The fourth-order valence-electron chi connectivity index (χ4n) is 4.66. The van der Waals surface area contributed by atoms with Crippen molar-refractivity contribution in [1.82, 2.24) is 4.72 Å². The Morgan fingerprint density at radius 1 is 1.11 bits per heavy atom. The number of fused-ring (bicyclic) bond motifs is 1. The van der Waals surface area contributed by atoms with Gasteiger partial charge in [0.2, 0.25) is 0 Å². The van der Waals surface area contributed by atoms with Crippen LogP contribution in [0.4, 0.5) is 0 Å². The minimum atomic E-state index is -1.11. The van der Waals surface area contributed by atoms with Crippen LogP contribution in [0.1, 0.15) is 77.5 Å². The van der Waals surface area contributed by atoms with E-state index in [0.717, 1.165) is 36.6 Å². The lowest BCUT2D eigenvalue weighted by atomic mass is 9.68. The molecule has 1 saturated carbocycles. The Labute approximate surface area is 180 Å². The molecule has 1 N–H and O–H groups in total. The van der Waals surface area contributed by atoms with Crippen LogP contribution >= 0.6 is 15.9 Å². The molecule has 6 heteroatoms. The van der Waals surface area contributed by atoms with Crippen LogP contribution in [0.25, 0.3) is 0 Å². The Balaban J connectivity index is 0.00000109. The molecule has 0 radical (unpaired) electrons. The van der Waals surface area contributed by atoms with E-state index < -0.39 is 11.0 Å². The molecule has 1 aliphatic heterocycles. The van der Waals surface area contributed by atoms with Gasteiger partial charge < -0.3 is 9.47 Å². The monoisotopic (exact) mass is 471 g/mol. The quantitative estimate of drug-likeness (QED) is 0.625. The number of nitrogens with one attached hydrogen (secondary N) is 1. The fourth-order valence-corrected chi connectivity index (χ4v) is 5.98. The molecule has 4 nitrogen and oxygen atoms in total. The van der Waals surface area contributed by atoms with Gasteiger partial charge in [-0.15, -0.1) is 0 Å². The van der Waals surface area contributed by atoms with Crippen molar-refractivity contribution in [2.45, 2.75) is 83.3 Å². The Hall–Kier alpha value is -0.270. The molecule has 1 heterocycles. The zero-order valence-electron chi connectivity index (χ0n) is 17.8. The molecular weight excluding hydrogens is 438 g/mol. The van der Waals surface area contributed by atoms with Crippen LogP contribution in [0, 0.1) is 5.41 Å². The van der Waals surface area contributed by atoms with E-state index in [9.17, 15) is 4.21 Å². The Morgan fingerprint density at radius 2 is 1.71 bits per heavy atom. The van der Waals surface area contributed by atoms with Crippen LogP contribution in [-0.2, 0) is 26.9 Å². The number of rotatable bonds is 2. The molecule has 2 atom stereocenters. The molecule has 3 aliphatic rings. The van der Waals surface area contributed by atoms with Crippen LogP contribution in [-0.4, -0.2) is 28.0 Å². The van der Waals surface area contributed by atoms with E-state index in [0.29, 0.717) is 13.2 Å². The lowest BCUT2D eigenvalue weighted by Crippen LogP contribution is -2.47. The first kappa shape index (κ1) is 22.4. The average Bonchev–Trinajstić information content (AvgIpc) is 3.23. The van der Waals surface area contributed by atoms with Gasteiger partial charge in [-0.3, -0.25) is 0 Å². The summed E-state index contributed by atoms with van der Waals surface area (Å²) in [5, 5.41) is 0. The van der Waals surface area contributed by atoms with Gasteiger partial charge in [0.25, 0.3) is 0 Å². The van der Waals surface area contributed by atoms with Gasteiger partial charge in [-0.1, -0.05) is 35.8 Å². The van der Waals surface area contributed by atoms with Crippen molar-refractivity contribution in [3.63, 3.8) is 0 Å². The van der Waals surface area contributed by atoms with Crippen LogP contribution in [0.3, 0.4) is 0 Å². The number of hydrogen-bond donors (Lipinski definition) is 1. The number of benzene rings is 1. The number of halogens is 1. The molecule has 2 unspecified atom stereocenters. The Kier molecular flexibility index (Phi) is 6.77. The SMILES string of the molecule is CC.CC(C)(C)S(=O)NC1c2cc(Br)ccc2CC12CCC1(CC2)OCCO1. The lowest BCUT2D eigenvalue weighted by molar-refractivity contribution is -0.193. The molecule has 2 spiro atoms. The Morgan fingerprint density at radius 3 is 2.29 bits per heavy atom. The predicted molar refractivity (Wildman–Crippen MR) is 119 cm³/mol. The average molecular weight is 472 g/mol. The van der Waals surface area contributed by atoms with Crippen molar-refractivity contribution in [1.29, 1.82) is 0 Å². The topological polar surface area (TPSA) is 47.6 Å². The second kappa shape index (κ2) is 8.46. The molecule has 2 aliphatic carbocycles. The highest BCUT2D eigenvalue weighted by molar-refractivity contribution is 9.10. The van der Waals surface area contributed by atoms with Gasteiger partial charge in [0, 0.05) is 17.3 Å². The lowest BCUT2D eigenvalue weighted by Gasteiger charge is -2.45. The van der Waals surface area contributed by atoms with Gasteiger partial charge in [0.05, 0.1) is 35.0 Å². The maximum atomic E-state index is 12.9. The first-order valence-corrected chi connectivity index (χ1v) is 12.4. The minimum absolute atomic E-state index is 0.0879. The van der Waals surface area contributed by atoms with Crippen molar-refractivity contribution in [3.05, 3.63) is 33.8 Å². The molecular formula is C22H34BrNO3S. The van der Waals surface area contributed by atoms with Gasteiger partial charge >= 0.3 is 0 Å². The molecule has 0 bridgehead atoms. The highest BCUT2D eigenvalue weighted by Gasteiger charge is 2.53. The molecule has 2 fully saturated rings. The van der Waals surface area contributed by atoms with E-state index >= 15 is 0 Å². The maximum Gasteiger partial charge on any atom is 0.168 e. The van der Waals surface area contributed by atoms with Crippen LogP contribution in [0.2, 0.25) is 0 Å². The van der Waals surface area contributed by atoms with Crippen LogP contribution in [0.5, 0.6) is 0 Å². The second-order valence-corrected chi connectivity index (χ2v) is 11.8. The molecule has 1 aromatic carbocycles. The molecule has 0 aromatic heterocycles. The van der Waals surface area contributed by atoms with E-state index in [4.69, 9.17) is 9.47 Å². The summed E-state index contributed by atoms with van der Waals surface area (Å²) in [6, 6.07) is 6.64. The van der Waals surface area contributed by atoms with Crippen molar-refractivity contribution in [3.8, 4) is 0 Å². The van der Waals surface area contributed by atoms with E-state index in [1.807, 2.05) is 34.6 Å². The second-order valence-electron chi connectivity index (χ2n) is 8.92. The molecule has 1 aromatic rings. The number of hydrogen-bond acceptors (Lipinski definition) is 3. The molecule has 0 amide bonds. The fraction of sp³-hybridized carbons (Fsp3) is 0.727. The van der Waals surface area contributed by atoms with E-state index in [1.165, 1.54) is 11.1 Å². The Bertz CT molecular complexity index is 715.